The molecule has 5 rings (SSSR count). The molecule has 8 nitrogen and oxygen atoms in total. The Bertz CT molecular complexity index is 1270. The fraction of sp³-hybridized carbons (Fsp3) is 0.143. The SMILES string of the molecule is CC(=O)c1ccc(C(=O)Nc2cc(C)nn2-c2nc3cc4c(cc3s2)OCO4)cc1. The third kappa shape index (κ3) is 3.18. The summed E-state index contributed by atoms with van der Waals surface area (Å²) in [6, 6.07) is 12.0. The molecule has 0 spiro atoms. The third-order valence-corrected chi connectivity index (χ3v) is 5.67. The van der Waals surface area contributed by atoms with Crippen LogP contribution in [0.15, 0.2) is 42.5 Å². The van der Waals surface area contributed by atoms with E-state index in [0.29, 0.717) is 33.6 Å². The van der Waals surface area contributed by atoms with E-state index in [0.717, 1.165) is 15.9 Å². The van der Waals surface area contributed by atoms with Gasteiger partial charge < -0.3 is 14.8 Å². The second-order valence-electron chi connectivity index (χ2n) is 6.84. The van der Waals surface area contributed by atoms with Crippen molar-refractivity contribution in [2.24, 2.45) is 0 Å². The van der Waals surface area contributed by atoms with Crippen LogP contribution in [0.4, 0.5) is 5.82 Å². The van der Waals surface area contributed by atoms with Gasteiger partial charge in [0.05, 0.1) is 15.9 Å². The van der Waals surface area contributed by atoms with Gasteiger partial charge in [0, 0.05) is 29.3 Å². The number of carbonyl (C=O) groups is 2. The minimum atomic E-state index is -0.298. The molecule has 30 heavy (non-hydrogen) atoms. The largest absolute Gasteiger partial charge is 0.454 e. The van der Waals surface area contributed by atoms with E-state index in [1.807, 2.05) is 19.1 Å². The Kier molecular flexibility index (Phi) is 4.25. The highest BCUT2D eigenvalue weighted by atomic mass is 32.1. The summed E-state index contributed by atoms with van der Waals surface area (Å²) >= 11 is 1.44. The number of hydrogen-bond donors (Lipinski definition) is 1. The van der Waals surface area contributed by atoms with E-state index in [4.69, 9.17) is 9.47 Å². The first-order valence-corrected chi connectivity index (χ1v) is 9.99. The van der Waals surface area contributed by atoms with Crippen LogP contribution in [-0.4, -0.2) is 33.2 Å². The van der Waals surface area contributed by atoms with Crippen LogP contribution in [0.3, 0.4) is 0 Å². The molecular weight excluding hydrogens is 404 g/mol. The number of carbonyl (C=O) groups excluding carboxylic acids is 2. The highest BCUT2D eigenvalue weighted by molar-refractivity contribution is 7.20. The topological polar surface area (TPSA) is 95.3 Å². The van der Waals surface area contributed by atoms with Gasteiger partial charge in [0.2, 0.25) is 11.9 Å². The van der Waals surface area contributed by atoms with Crippen LogP contribution in [0.2, 0.25) is 0 Å². The zero-order valence-corrected chi connectivity index (χ0v) is 16.9. The number of anilines is 1. The number of rotatable bonds is 4. The molecule has 0 fully saturated rings. The van der Waals surface area contributed by atoms with Crippen molar-refractivity contribution in [1.29, 1.82) is 0 Å². The van der Waals surface area contributed by atoms with E-state index in [-0.39, 0.29) is 18.5 Å². The van der Waals surface area contributed by atoms with E-state index in [1.165, 1.54) is 18.3 Å². The van der Waals surface area contributed by atoms with Gasteiger partial charge >= 0.3 is 0 Å². The van der Waals surface area contributed by atoms with Crippen molar-refractivity contribution in [3.05, 3.63) is 59.3 Å². The molecule has 150 valence electrons. The molecule has 3 heterocycles. The first kappa shape index (κ1) is 18.3. The molecule has 0 saturated heterocycles. The number of aryl methyl sites for hydroxylation is 1. The molecule has 2 aromatic heterocycles. The van der Waals surface area contributed by atoms with Crippen LogP contribution in [0, 0.1) is 6.92 Å². The van der Waals surface area contributed by atoms with Gasteiger partial charge in [0.1, 0.15) is 5.82 Å². The van der Waals surface area contributed by atoms with Gasteiger partial charge in [-0.3, -0.25) is 9.59 Å². The number of ether oxygens (including phenoxy) is 2. The van der Waals surface area contributed by atoms with Crippen LogP contribution in [-0.2, 0) is 0 Å². The maximum Gasteiger partial charge on any atom is 0.256 e. The Morgan fingerprint density at radius 3 is 2.50 bits per heavy atom. The van der Waals surface area contributed by atoms with E-state index < -0.39 is 0 Å². The average molecular weight is 420 g/mol. The summed E-state index contributed by atoms with van der Waals surface area (Å²) < 4.78 is 13.4. The lowest BCUT2D eigenvalue weighted by Gasteiger charge is -2.07. The Labute approximate surface area is 175 Å². The quantitative estimate of drug-likeness (QED) is 0.502. The molecular formula is C21H16N4O4S. The van der Waals surface area contributed by atoms with Gasteiger partial charge in [-0.2, -0.15) is 9.78 Å². The van der Waals surface area contributed by atoms with E-state index >= 15 is 0 Å². The lowest BCUT2D eigenvalue weighted by Crippen LogP contribution is -2.15. The van der Waals surface area contributed by atoms with Crippen molar-refractivity contribution in [2.75, 3.05) is 12.1 Å². The summed E-state index contributed by atoms with van der Waals surface area (Å²) in [5, 5.41) is 7.97. The van der Waals surface area contributed by atoms with Crippen LogP contribution < -0.4 is 14.8 Å². The Morgan fingerprint density at radius 1 is 1.07 bits per heavy atom. The molecule has 1 aliphatic heterocycles. The van der Waals surface area contributed by atoms with Gasteiger partial charge in [0.15, 0.2) is 17.3 Å². The van der Waals surface area contributed by atoms with Gasteiger partial charge in [-0.1, -0.05) is 23.5 Å². The number of fused-ring (bicyclic) bond motifs is 2. The molecule has 1 N–H and O–H groups in total. The highest BCUT2D eigenvalue weighted by Crippen LogP contribution is 2.38. The fourth-order valence-corrected chi connectivity index (χ4v) is 4.12. The van der Waals surface area contributed by atoms with Crippen LogP contribution in [0.5, 0.6) is 11.5 Å². The summed E-state index contributed by atoms with van der Waals surface area (Å²) in [5.41, 5.74) is 2.51. The molecule has 0 unspecified atom stereocenters. The lowest BCUT2D eigenvalue weighted by molar-refractivity contribution is 0.100. The number of Topliss-reactive ketones (excluding diaryl/α,β-unsaturated/α-hetero) is 1. The number of nitrogens with one attached hydrogen (secondary N) is 1. The standard InChI is InChI=1S/C21H16N4O4S/c1-11-7-19(23-20(27)14-5-3-13(4-6-14)12(2)26)25(24-11)21-22-15-8-16-17(29-10-28-16)9-18(15)30-21/h3-9H,10H2,1-2H3,(H,23,27). The first-order valence-electron chi connectivity index (χ1n) is 9.17. The highest BCUT2D eigenvalue weighted by Gasteiger charge is 2.19. The van der Waals surface area contributed by atoms with Gasteiger partial charge in [0.25, 0.3) is 5.91 Å². The minimum Gasteiger partial charge on any atom is -0.454 e. The lowest BCUT2D eigenvalue weighted by atomic mass is 10.1. The Balaban J connectivity index is 1.46. The first-order chi connectivity index (χ1) is 14.5. The summed E-state index contributed by atoms with van der Waals surface area (Å²) in [4.78, 5) is 28.8. The maximum atomic E-state index is 12.7. The monoisotopic (exact) mass is 420 g/mol. The number of ketones is 1. The second-order valence-corrected chi connectivity index (χ2v) is 7.85. The fourth-order valence-electron chi connectivity index (χ4n) is 3.18. The van der Waals surface area contributed by atoms with Crippen molar-refractivity contribution in [2.45, 2.75) is 13.8 Å². The van der Waals surface area contributed by atoms with Gasteiger partial charge in [-0.05, 0) is 26.0 Å². The molecule has 0 atom stereocenters. The summed E-state index contributed by atoms with van der Waals surface area (Å²) in [6.45, 7) is 3.54. The second kappa shape index (κ2) is 6.96. The predicted octanol–water partition coefficient (Wildman–Crippen LogP) is 3.97. The molecule has 9 heteroatoms. The zero-order valence-electron chi connectivity index (χ0n) is 16.1. The Hall–Kier alpha value is -3.72. The molecule has 2 aromatic carbocycles. The van der Waals surface area contributed by atoms with Gasteiger partial charge in [-0.15, -0.1) is 0 Å². The molecule has 0 bridgehead atoms. The van der Waals surface area contributed by atoms with Crippen molar-refractivity contribution in [3.63, 3.8) is 0 Å². The van der Waals surface area contributed by atoms with Crippen LogP contribution in [0.1, 0.15) is 33.3 Å². The molecule has 0 saturated carbocycles. The number of nitrogens with zero attached hydrogens (tertiary/aromatic N) is 3. The van der Waals surface area contributed by atoms with Crippen molar-refractivity contribution in [3.8, 4) is 16.6 Å². The number of hydrogen-bond acceptors (Lipinski definition) is 7. The average Bonchev–Trinajstić information content (AvgIpc) is 3.43. The zero-order chi connectivity index (χ0) is 20.8. The van der Waals surface area contributed by atoms with Crippen molar-refractivity contribution < 1.29 is 19.1 Å². The minimum absolute atomic E-state index is 0.0479. The number of aromatic nitrogens is 3. The summed E-state index contributed by atoms with van der Waals surface area (Å²) in [5.74, 6) is 1.52. The number of amides is 1. The van der Waals surface area contributed by atoms with Crippen LogP contribution >= 0.6 is 11.3 Å². The van der Waals surface area contributed by atoms with Gasteiger partial charge in [-0.25, -0.2) is 4.98 Å². The number of benzene rings is 2. The summed E-state index contributed by atoms with van der Waals surface area (Å²) in [7, 11) is 0. The van der Waals surface area contributed by atoms with E-state index in [2.05, 4.69) is 15.4 Å². The van der Waals surface area contributed by atoms with Crippen molar-refractivity contribution >= 4 is 39.1 Å². The predicted molar refractivity (Wildman–Crippen MR) is 112 cm³/mol. The summed E-state index contributed by atoms with van der Waals surface area (Å²) in [6.07, 6.45) is 0. The van der Waals surface area contributed by atoms with E-state index in [1.54, 1.807) is 35.0 Å². The van der Waals surface area contributed by atoms with Crippen molar-refractivity contribution in [1.82, 2.24) is 14.8 Å². The normalized spacial score (nSPS) is 12.3. The smallest absolute Gasteiger partial charge is 0.256 e. The van der Waals surface area contributed by atoms with Crippen LogP contribution in [0.25, 0.3) is 15.3 Å². The molecule has 4 aromatic rings. The molecule has 1 aliphatic rings. The van der Waals surface area contributed by atoms with E-state index in [9.17, 15) is 9.59 Å². The Morgan fingerprint density at radius 2 is 1.77 bits per heavy atom. The third-order valence-electron chi connectivity index (χ3n) is 4.68. The number of thiazole rings is 1. The molecule has 0 radical (unpaired) electrons. The molecule has 1 amide bonds. The molecule has 0 aliphatic carbocycles. The maximum absolute atomic E-state index is 12.7.